The van der Waals surface area contributed by atoms with Crippen LogP contribution in [0.5, 0.6) is 0 Å². The van der Waals surface area contributed by atoms with Crippen molar-refractivity contribution in [2.75, 3.05) is 38.7 Å². The Morgan fingerprint density at radius 2 is 1.31 bits per heavy atom. The molecule has 0 saturated carbocycles. The summed E-state index contributed by atoms with van der Waals surface area (Å²) in [5.41, 5.74) is 3.27. The van der Waals surface area contributed by atoms with Crippen molar-refractivity contribution in [1.29, 1.82) is 0 Å². The maximum atomic E-state index is 14.0. The normalized spacial score (nSPS) is 17.3. The van der Waals surface area contributed by atoms with E-state index in [4.69, 9.17) is 10.9 Å². The Morgan fingerprint density at radius 3 is 1.91 bits per heavy atom. The van der Waals surface area contributed by atoms with Crippen molar-refractivity contribution >= 4 is 70.3 Å². The number of aliphatic carboxylic acids is 4. The number of urea groups is 2. The lowest BCUT2D eigenvalue weighted by molar-refractivity contribution is -0.837. The highest BCUT2D eigenvalue weighted by atomic mass is 16.4. The number of fused-ring (bicyclic) bond motifs is 1. The van der Waals surface area contributed by atoms with Gasteiger partial charge in [-0.2, -0.15) is 0 Å². The van der Waals surface area contributed by atoms with Crippen LogP contribution in [-0.4, -0.2) is 141 Å². The van der Waals surface area contributed by atoms with E-state index in [0.717, 1.165) is 16.3 Å². The van der Waals surface area contributed by atoms with Crippen molar-refractivity contribution in [2.45, 2.75) is 88.4 Å². The zero-order valence-corrected chi connectivity index (χ0v) is 37.0. The lowest BCUT2D eigenvalue weighted by atomic mass is 9.95. The molecule has 0 radical (unpaired) electrons. The lowest BCUT2D eigenvalue weighted by Crippen LogP contribution is -2.62. The average molecular weight is 936 g/mol. The van der Waals surface area contributed by atoms with E-state index in [1.165, 1.54) is 18.3 Å². The first-order valence-electron chi connectivity index (χ1n) is 21.8. The van der Waals surface area contributed by atoms with Gasteiger partial charge in [0.1, 0.15) is 30.0 Å². The first-order valence-corrected chi connectivity index (χ1v) is 21.8. The van der Waals surface area contributed by atoms with Crippen LogP contribution in [0.1, 0.15) is 73.7 Å². The Labute approximate surface area is 385 Å². The van der Waals surface area contributed by atoms with Gasteiger partial charge in [-0.05, 0) is 66.5 Å². The number of hydrogen-bond acceptors (Lipinski definition) is 12. The molecule has 67 heavy (non-hydrogen) atoms. The van der Waals surface area contributed by atoms with Gasteiger partial charge in [0, 0.05) is 51.4 Å². The van der Waals surface area contributed by atoms with E-state index in [0.29, 0.717) is 31.7 Å². The predicted octanol–water partition coefficient (Wildman–Crippen LogP) is 1.13. The number of rotatable bonds is 25. The summed E-state index contributed by atoms with van der Waals surface area (Å²) < 4.78 is -0.0559. The Balaban J connectivity index is 1.33. The molecule has 4 rings (SSSR count). The largest absolute Gasteiger partial charge is 0.481 e. The number of carbonyl (C=O) groups is 9. The summed E-state index contributed by atoms with van der Waals surface area (Å²) in [5.74, 6) is -1.34. The number of hydrogen-bond donors (Lipinski definition) is 12. The highest BCUT2D eigenvalue weighted by molar-refractivity contribution is 5.97. The van der Waals surface area contributed by atoms with Gasteiger partial charge >= 0.3 is 35.9 Å². The molecule has 2 aromatic carbocycles. The van der Waals surface area contributed by atoms with Crippen LogP contribution in [0.25, 0.3) is 10.8 Å². The highest BCUT2D eigenvalue weighted by Gasteiger charge is 2.39. The van der Waals surface area contributed by atoms with E-state index < -0.39 is 90.7 Å². The number of amides is 7. The standard InChI is InChI=1S/C44H58N10O13/c1-54(20-17-26(18-21-54)24-48-39(60)31(12-15-36(55)56)49-38(59)30-11-14-35(53-45)47-25-30)44(67)52-34(23-27-9-10-28-6-2-3-7-29(28)22-27)40(61)46-19-5-4-8-32(41(62)63)50-43(66)51-33(42(64)65)13-16-37(57)58/h2-3,6-7,9-11,14,22,25-26,31-34H,4-5,8,12-13,15-21,23-24,45H2,1H3,(H10-,46,47,48,49,50,51,52,53,55,56,57,58,59,60,61,62,63,64,65,66,67)/p+1. The van der Waals surface area contributed by atoms with E-state index in [-0.39, 0.29) is 67.6 Å². The third-order valence-corrected chi connectivity index (χ3v) is 11.5. The van der Waals surface area contributed by atoms with Crippen molar-refractivity contribution in [2.24, 2.45) is 11.8 Å². The second-order valence-electron chi connectivity index (χ2n) is 16.6. The summed E-state index contributed by atoms with van der Waals surface area (Å²) >= 11 is 0. The van der Waals surface area contributed by atoms with Crippen LogP contribution in [0, 0.1) is 5.92 Å². The lowest BCUT2D eigenvalue weighted by Gasteiger charge is -2.38. The number of carboxylic acids is 4. The van der Waals surface area contributed by atoms with Crippen LogP contribution in [0.4, 0.5) is 15.4 Å². The number of nitrogens with two attached hydrogens (primary N) is 1. The molecule has 1 fully saturated rings. The minimum Gasteiger partial charge on any atom is -0.481 e. The fraction of sp³-hybridized carbons (Fsp3) is 0.455. The number of quaternary nitrogens is 1. The molecule has 1 aliphatic heterocycles. The molecular weight excluding hydrogens is 877 g/mol. The van der Waals surface area contributed by atoms with E-state index in [1.54, 1.807) is 7.05 Å². The fourth-order valence-electron chi connectivity index (χ4n) is 7.42. The Morgan fingerprint density at radius 1 is 0.701 bits per heavy atom. The van der Waals surface area contributed by atoms with Crippen LogP contribution in [-0.2, 0) is 35.2 Å². The molecule has 4 unspecified atom stereocenters. The number of pyridine rings is 1. The van der Waals surface area contributed by atoms with Crippen LogP contribution >= 0.6 is 0 Å². The topological polar surface area (TPSA) is 358 Å². The van der Waals surface area contributed by atoms with Gasteiger partial charge in [0.05, 0.1) is 25.7 Å². The number of nitrogens with zero attached hydrogens (tertiary/aromatic N) is 2. The van der Waals surface area contributed by atoms with Crippen LogP contribution < -0.4 is 43.2 Å². The second-order valence-corrected chi connectivity index (χ2v) is 16.6. The molecule has 23 nitrogen and oxygen atoms in total. The van der Waals surface area contributed by atoms with Gasteiger partial charge in [0.25, 0.3) is 5.91 Å². The Kier molecular flexibility index (Phi) is 19.7. The predicted molar refractivity (Wildman–Crippen MR) is 240 cm³/mol. The summed E-state index contributed by atoms with van der Waals surface area (Å²) in [5, 5.41) is 54.4. The first-order chi connectivity index (χ1) is 31.9. The maximum Gasteiger partial charge on any atom is 0.417 e. The average Bonchev–Trinajstić information content (AvgIpc) is 3.30. The summed E-state index contributed by atoms with van der Waals surface area (Å²) in [6.45, 7) is 1.04. The maximum absolute atomic E-state index is 14.0. The Hall–Kier alpha value is -7.40. The number of nitrogens with one attached hydrogen (secondary N) is 7. The molecule has 3 aromatic rings. The minimum absolute atomic E-state index is 0.0493. The minimum atomic E-state index is -1.55. The van der Waals surface area contributed by atoms with E-state index in [1.807, 2.05) is 42.5 Å². The van der Waals surface area contributed by atoms with Gasteiger partial charge in [-0.15, -0.1) is 0 Å². The van der Waals surface area contributed by atoms with Crippen LogP contribution in [0.15, 0.2) is 60.8 Å². The molecular formula is C44H59N10O13+. The van der Waals surface area contributed by atoms with Crippen molar-refractivity contribution < 1.29 is 68.1 Å². The van der Waals surface area contributed by atoms with Gasteiger partial charge in [-0.1, -0.05) is 42.5 Å². The molecule has 1 aliphatic rings. The Bertz CT molecular complexity index is 2250. The highest BCUT2D eigenvalue weighted by Crippen LogP contribution is 2.23. The van der Waals surface area contributed by atoms with E-state index >= 15 is 0 Å². The number of carboxylic acid groups (broad SMARTS) is 4. The van der Waals surface area contributed by atoms with E-state index in [2.05, 4.69) is 42.3 Å². The number of aromatic nitrogens is 1. The first kappa shape index (κ1) is 52.2. The van der Waals surface area contributed by atoms with Crippen LogP contribution in [0.3, 0.4) is 0 Å². The molecule has 2 heterocycles. The van der Waals surface area contributed by atoms with Crippen molar-refractivity contribution in [3.63, 3.8) is 0 Å². The van der Waals surface area contributed by atoms with Gasteiger partial charge in [-0.3, -0.25) is 29.3 Å². The van der Waals surface area contributed by atoms with Gasteiger partial charge in [0.15, 0.2) is 0 Å². The van der Waals surface area contributed by atoms with Crippen molar-refractivity contribution in [3.8, 4) is 0 Å². The number of unbranched alkanes of at least 4 members (excludes halogenated alkanes) is 1. The molecule has 0 spiro atoms. The van der Waals surface area contributed by atoms with E-state index in [9.17, 15) is 58.5 Å². The number of likely N-dealkylation sites (tertiary alicyclic amines) is 1. The SMILES string of the molecule is C[N+]1(C(=O)NC(Cc2ccc3ccccc3c2)C(=O)NCCCCC(NC(=O)NC(CCC(=O)O)C(=O)O)C(=O)O)CCC(CNC(=O)C(CCC(=O)O)NC(=O)c2ccc(NN)nc2)CC1. The number of nitrogen functional groups attached to an aromatic ring is 1. The van der Waals surface area contributed by atoms with Gasteiger partial charge in [0.2, 0.25) is 11.8 Å². The summed E-state index contributed by atoms with van der Waals surface area (Å²) in [4.78, 5) is 116. The molecule has 1 saturated heterocycles. The number of carbonyl (C=O) groups excluding carboxylic acids is 5. The van der Waals surface area contributed by atoms with Crippen molar-refractivity contribution in [3.05, 3.63) is 71.9 Å². The second kappa shape index (κ2) is 25.3. The summed E-state index contributed by atoms with van der Waals surface area (Å²) in [6.07, 6.45) is 1.40. The number of anilines is 1. The molecule has 7 amide bonds. The quantitative estimate of drug-likeness (QED) is 0.0245. The van der Waals surface area contributed by atoms with Crippen LogP contribution in [0.2, 0.25) is 0 Å². The molecule has 1 aromatic heterocycles. The fourth-order valence-corrected chi connectivity index (χ4v) is 7.42. The zero-order valence-electron chi connectivity index (χ0n) is 37.0. The number of benzene rings is 2. The zero-order chi connectivity index (χ0) is 49.1. The van der Waals surface area contributed by atoms with Gasteiger partial charge in [-0.25, -0.2) is 34.5 Å². The molecule has 23 heteroatoms. The number of piperidine rings is 1. The summed E-state index contributed by atoms with van der Waals surface area (Å²) in [7, 11) is 1.75. The van der Waals surface area contributed by atoms with Gasteiger partial charge < -0.3 is 52.4 Å². The number of hydrazine groups is 1. The monoisotopic (exact) mass is 935 g/mol. The van der Waals surface area contributed by atoms with Crippen molar-refractivity contribution in [1.82, 2.24) is 36.9 Å². The molecule has 4 atom stereocenters. The smallest absolute Gasteiger partial charge is 0.417 e. The molecule has 13 N–H and O–H groups in total. The molecule has 0 bridgehead atoms. The third-order valence-electron chi connectivity index (χ3n) is 11.5. The third kappa shape index (κ3) is 16.8. The molecule has 0 aliphatic carbocycles. The molecule has 362 valence electrons. The summed E-state index contributed by atoms with van der Waals surface area (Å²) in [6, 6.07) is 9.71.